The third kappa shape index (κ3) is 3.51. The summed E-state index contributed by atoms with van der Waals surface area (Å²) in [6.45, 7) is 2.95. The van der Waals surface area contributed by atoms with Gasteiger partial charge in [0, 0.05) is 18.1 Å². The summed E-state index contributed by atoms with van der Waals surface area (Å²) >= 11 is 0. The van der Waals surface area contributed by atoms with Gasteiger partial charge in [-0.2, -0.15) is 0 Å². The Morgan fingerprint density at radius 1 is 1.37 bits per heavy atom. The quantitative estimate of drug-likeness (QED) is 0.779. The smallest absolute Gasteiger partial charge is 0.307 e. The fourth-order valence-electron chi connectivity index (χ4n) is 2.00. The van der Waals surface area contributed by atoms with E-state index in [1.807, 2.05) is 24.3 Å². The van der Waals surface area contributed by atoms with Crippen LogP contribution in [-0.2, 0) is 11.2 Å². The van der Waals surface area contributed by atoms with Gasteiger partial charge in [-0.15, -0.1) is 0 Å². The fraction of sp³-hybridized carbons (Fsp3) is 0.333. The minimum atomic E-state index is -0.765. The van der Waals surface area contributed by atoms with Gasteiger partial charge in [0.25, 0.3) is 0 Å². The van der Waals surface area contributed by atoms with Crippen molar-refractivity contribution in [1.82, 2.24) is 10.3 Å². The lowest BCUT2D eigenvalue weighted by atomic mass is 10.1. The molecule has 1 unspecified atom stereocenters. The van der Waals surface area contributed by atoms with Crippen LogP contribution in [0.2, 0.25) is 0 Å². The molecule has 1 aromatic carbocycles. The summed E-state index contributed by atoms with van der Waals surface area (Å²) in [6.07, 6.45) is 2.65. The molecule has 19 heavy (non-hydrogen) atoms. The SMILES string of the molecule is CC(CNCCc1cccc2cccnc12)C(=O)O. The van der Waals surface area contributed by atoms with E-state index in [1.54, 1.807) is 13.1 Å². The summed E-state index contributed by atoms with van der Waals surface area (Å²) in [5.41, 5.74) is 2.21. The Kier molecular flexibility index (Phi) is 4.47. The van der Waals surface area contributed by atoms with Crippen LogP contribution in [0.1, 0.15) is 12.5 Å². The minimum Gasteiger partial charge on any atom is -0.481 e. The van der Waals surface area contributed by atoms with E-state index in [-0.39, 0.29) is 5.92 Å². The molecule has 4 heteroatoms. The van der Waals surface area contributed by atoms with E-state index in [0.717, 1.165) is 23.9 Å². The third-order valence-corrected chi connectivity index (χ3v) is 3.16. The van der Waals surface area contributed by atoms with Crippen LogP contribution in [0.3, 0.4) is 0 Å². The highest BCUT2D eigenvalue weighted by Crippen LogP contribution is 2.15. The van der Waals surface area contributed by atoms with Gasteiger partial charge >= 0.3 is 5.97 Å². The molecule has 0 spiro atoms. The molecule has 100 valence electrons. The van der Waals surface area contributed by atoms with Crippen LogP contribution in [0, 0.1) is 5.92 Å². The predicted octanol–water partition coefficient (Wildman–Crippen LogP) is 2.09. The first-order chi connectivity index (χ1) is 9.18. The molecule has 0 saturated heterocycles. The van der Waals surface area contributed by atoms with Crippen molar-refractivity contribution in [3.8, 4) is 0 Å². The Morgan fingerprint density at radius 2 is 2.16 bits per heavy atom. The summed E-state index contributed by atoms with van der Waals surface area (Å²) in [5, 5.41) is 13.1. The largest absolute Gasteiger partial charge is 0.481 e. The second kappa shape index (κ2) is 6.29. The summed E-state index contributed by atoms with van der Waals surface area (Å²) in [6, 6.07) is 10.1. The number of hydrogen-bond acceptors (Lipinski definition) is 3. The van der Waals surface area contributed by atoms with Crippen LogP contribution < -0.4 is 5.32 Å². The zero-order valence-electron chi connectivity index (χ0n) is 11.0. The fourth-order valence-corrected chi connectivity index (χ4v) is 2.00. The van der Waals surface area contributed by atoms with Crippen LogP contribution >= 0.6 is 0 Å². The van der Waals surface area contributed by atoms with Crippen molar-refractivity contribution in [1.29, 1.82) is 0 Å². The number of hydrogen-bond donors (Lipinski definition) is 2. The van der Waals surface area contributed by atoms with Crippen molar-refractivity contribution >= 4 is 16.9 Å². The van der Waals surface area contributed by atoms with Crippen LogP contribution in [0.4, 0.5) is 0 Å². The molecule has 1 atom stereocenters. The van der Waals surface area contributed by atoms with Crippen molar-refractivity contribution in [3.63, 3.8) is 0 Å². The maximum Gasteiger partial charge on any atom is 0.307 e. The molecule has 0 aliphatic rings. The number of aliphatic carboxylic acids is 1. The van der Waals surface area contributed by atoms with Gasteiger partial charge in [0.15, 0.2) is 0 Å². The molecule has 2 rings (SSSR count). The number of rotatable bonds is 6. The normalized spacial score (nSPS) is 12.5. The molecular formula is C15H18N2O2. The van der Waals surface area contributed by atoms with Gasteiger partial charge in [-0.25, -0.2) is 0 Å². The number of carboxylic acid groups (broad SMARTS) is 1. The monoisotopic (exact) mass is 258 g/mol. The molecule has 0 aliphatic carbocycles. The van der Waals surface area contributed by atoms with Crippen molar-refractivity contribution in [2.75, 3.05) is 13.1 Å². The molecule has 0 amide bonds. The van der Waals surface area contributed by atoms with Gasteiger partial charge in [-0.3, -0.25) is 9.78 Å². The Labute approximate surface area is 112 Å². The number of benzene rings is 1. The summed E-state index contributed by atoms with van der Waals surface area (Å²) in [4.78, 5) is 15.1. The van der Waals surface area contributed by atoms with E-state index >= 15 is 0 Å². The van der Waals surface area contributed by atoms with Crippen LogP contribution in [-0.4, -0.2) is 29.1 Å². The van der Waals surface area contributed by atoms with Crippen molar-refractivity contribution in [2.24, 2.45) is 5.92 Å². The average molecular weight is 258 g/mol. The molecule has 2 aromatic rings. The first kappa shape index (κ1) is 13.5. The van der Waals surface area contributed by atoms with Gasteiger partial charge in [0.1, 0.15) is 0 Å². The lowest BCUT2D eigenvalue weighted by Crippen LogP contribution is -2.27. The summed E-state index contributed by atoms with van der Waals surface area (Å²) < 4.78 is 0. The van der Waals surface area contributed by atoms with E-state index in [1.165, 1.54) is 5.56 Å². The molecule has 1 aromatic heterocycles. The maximum atomic E-state index is 10.7. The molecule has 1 heterocycles. The van der Waals surface area contributed by atoms with Gasteiger partial charge in [-0.05, 0) is 24.6 Å². The molecule has 0 radical (unpaired) electrons. The maximum absolute atomic E-state index is 10.7. The first-order valence-electron chi connectivity index (χ1n) is 6.44. The Morgan fingerprint density at radius 3 is 2.95 bits per heavy atom. The molecular weight excluding hydrogens is 240 g/mol. The summed E-state index contributed by atoms with van der Waals surface area (Å²) in [7, 11) is 0. The molecule has 4 nitrogen and oxygen atoms in total. The number of nitrogens with one attached hydrogen (secondary N) is 1. The Hall–Kier alpha value is -1.94. The van der Waals surface area contributed by atoms with Gasteiger partial charge in [-0.1, -0.05) is 31.2 Å². The van der Waals surface area contributed by atoms with Crippen molar-refractivity contribution in [2.45, 2.75) is 13.3 Å². The van der Waals surface area contributed by atoms with Gasteiger partial charge in [0.05, 0.1) is 11.4 Å². The zero-order valence-corrected chi connectivity index (χ0v) is 11.0. The molecule has 0 bridgehead atoms. The third-order valence-electron chi connectivity index (χ3n) is 3.16. The highest BCUT2D eigenvalue weighted by atomic mass is 16.4. The van der Waals surface area contributed by atoms with Gasteiger partial charge in [0.2, 0.25) is 0 Å². The van der Waals surface area contributed by atoms with Crippen LogP contribution in [0.25, 0.3) is 10.9 Å². The van der Waals surface area contributed by atoms with Gasteiger partial charge < -0.3 is 10.4 Å². The number of carboxylic acids is 1. The van der Waals surface area contributed by atoms with E-state index in [4.69, 9.17) is 5.11 Å². The standard InChI is InChI=1S/C15H18N2O2/c1-11(15(18)19)10-16-9-7-13-5-2-4-12-6-3-8-17-14(12)13/h2-6,8,11,16H,7,9-10H2,1H3,(H,18,19). The molecule has 0 saturated carbocycles. The average Bonchev–Trinajstić information content (AvgIpc) is 2.43. The van der Waals surface area contributed by atoms with Crippen molar-refractivity contribution < 1.29 is 9.90 Å². The predicted molar refractivity (Wildman–Crippen MR) is 75.1 cm³/mol. The summed E-state index contributed by atoms with van der Waals surface area (Å²) in [5.74, 6) is -1.12. The topological polar surface area (TPSA) is 62.2 Å². The van der Waals surface area contributed by atoms with E-state index in [9.17, 15) is 4.79 Å². The Bertz CT molecular complexity index is 564. The number of nitrogens with zero attached hydrogens (tertiary/aromatic N) is 1. The number of fused-ring (bicyclic) bond motifs is 1. The second-order valence-electron chi connectivity index (χ2n) is 4.69. The van der Waals surface area contributed by atoms with E-state index in [2.05, 4.69) is 16.4 Å². The zero-order chi connectivity index (χ0) is 13.7. The Balaban J connectivity index is 1.93. The molecule has 0 aliphatic heterocycles. The first-order valence-corrected chi connectivity index (χ1v) is 6.44. The highest BCUT2D eigenvalue weighted by Gasteiger charge is 2.09. The van der Waals surface area contributed by atoms with Crippen LogP contribution in [0.15, 0.2) is 36.5 Å². The highest BCUT2D eigenvalue weighted by molar-refractivity contribution is 5.81. The lowest BCUT2D eigenvalue weighted by molar-refractivity contribution is -0.140. The second-order valence-corrected chi connectivity index (χ2v) is 4.69. The van der Waals surface area contributed by atoms with Crippen LogP contribution in [0.5, 0.6) is 0 Å². The lowest BCUT2D eigenvalue weighted by Gasteiger charge is -2.09. The van der Waals surface area contributed by atoms with E-state index in [0.29, 0.717) is 6.54 Å². The number of aromatic nitrogens is 1. The van der Waals surface area contributed by atoms with E-state index < -0.39 is 5.97 Å². The number of pyridine rings is 1. The minimum absolute atomic E-state index is 0.356. The van der Waals surface area contributed by atoms with Crippen molar-refractivity contribution in [3.05, 3.63) is 42.1 Å². The number of carbonyl (C=O) groups is 1. The molecule has 0 fully saturated rings. The number of para-hydroxylation sites is 1. The molecule has 2 N–H and O–H groups in total.